The summed E-state index contributed by atoms with van der Waals surface area (Å²) in [5.41, 5.74) is 0.978. The van der Waals surface area contributed by atoms with E-state index in [2.05, 4.69) is 6.58 Å². The Kier molecular flexibility index (Phi) is 2.32. The molecule has 0 aromatic rings. The highest BCUT2D eigenvalue weighted by Gasteiger charge is 2.32. The maximum absolute atomic E-state index is 11.5. The van der Waals surface area contributed by atoms with E-state index in [0.717, 1.165) is 30.7 Å². The van der Waals surface area contributed by atoms with Gasteiger partial charge in [-0.2, -0.15) is 0 Å². The maximum Gasteiger partial charge on any atom is 0.225 e. The van der Waals surface area contributed by atoms with Crippen LogP contribution in [0, 0.1) is 0 Å². The van der Waals surface area contributed by atoms with Crippen molar-refractivity contribution in [3.05, 3.63) is 24.0 Å². The second-order valence-corrected chi connectivity index (χ2v) is 3.84. The third kappa shape index (κ3) is 1.54. The number of rotatable bonds is 1. The standard InChI is InChI=1S/C11H15NO2/c1-8-5-6-9(2)14-11(8)12-7-3-4-10(12)13/h6,11H,1,3-5,7H2,2H3. The van der Waals surface area contributed by atoms with Crippen LogP contribution >= 0.6 is 0 Å². The molecule has 2 rings (SSSR count). The van der Waals surface area contributed by atoms with Gasteiger partial charge in [-0.25, -0.2) is 0 Å². The molecule has 1 unspecified atom stereocenters. The van der Waals surface area contributed by atoms with Gasteiger partial charge in [-0.1, -0.05) is 6.58 Å². The third-order valence-corrected chi connectivity index (χ3v) is 2.69. The quantitative estimate of drug-likeness (QED) is 0.594. The molecule has 0 N–H and O–H groups in total. The molecular weight excluding hydrogens is 178 g/mol. The van der Waals surface area contributed by atoms with Gasteiger partial charge in [0.2, 0.25) is 5.91 Å². The lowest BCUT2D eigenvalue weighted by Gasteiger charge is -2.32. The van der Waals surface area contributed by atoms with Crippen molar-refractivity contribution >= 4 is 5.91 Å². The molecule has 2 aliphatic rings. The summed E-state index contributed by atoms with van der Waals surface area (Å²) in [5.74, 6) is 1.08. The second-order valence-electron chi connectivity index (χ2n) is 3.84. The molecule has 0 radical (unpaired) electrons. The van der Waals surface area contributed by atoms with E-state index in [1.165, 1.54) is 0 Å². The molecule has 3 nitrogen and oxygen atoms in total. The van der Waals surface area contributed by atoms with E-state index in [0.29, 0.717) is 6.42 Å². The first-order chi connectivity index (χ1) is 6.68. The Morgan fingerprint density at radius 2 is 2.43 bits per heavy atom. The Hall–Kier alpha value is -1.25. The number of likely N-dealkylation sites (tertiary alicyclic amines) is 1. The zero-order chi connectivity index (χ0) is 10.1. The summed E-state index contributed by atoms with van der Waals surface area (Å²) in [5, 5.41) is 0. The predicted octanol–water partition coefficient (Wildman–Crippen LogP) is 1.82. The molecule has 0 spiro atoms. The summed E-state index contributed by atoms with van der Waals surface area (Å²) in [6.07, 6.45) is 4.19. The molecule has 14 heavy (non-hydrogen) atoms. The van der Waals surface area contributed by atoms with Gasteiger partial charge >= 0.3 is 0 Å². The zero-order valence-corrected chi connectivity index (χ0v) is 8.45. The van der Waals surface area contributed by atoms with E-state index in [-0.39, 0.29) is 12.1 Å². The highest BCUT2D eigenvalue weighted by Crippen LogP contribution is 2.26. The maximum atomic E-state index is 11.5. The van der Waals surface area contributed by atoms with Crippen molar-refractivity contribution in [3.8, 4) is 0 Å². The average molecular weight is 193 g/mol. The van der Waals surface area contributed by atoms with Crippen LogP contribution in [0.2, 0.25) is 0 Å². The van der Waals surface area contributed by atoms with E-state index < -0.39 is 0 Å². The fourth-order valence-corrected chi connectivity index (χ4v) is 1.88. The minimum Gasteiger partial charge on any atom is -0.472 e. The van der Waals surface area contributed by atoms with Crippen molar-refractivity contribution in [1.82, 2.24) is 4.90 Å². The van der Waals surface area contributed by atoms with Crippen molar-refractivity contribution in [2.24, 2.45) is 0 Å². The van der Waals surface area contributed by atoms with Crippen molar-refractivity contribution in [2.45, 2.75) is 32.4 Å². The molecule has 1 saturated heterocycles. The first-order valence-corrected chi connectivity index (χ1v) is 4.99. The van der Waals surface area contributed by atoms with Crippen molar-refractivity contribution < 1.29 is 9.53 Å². The Morgan fingerprint density at radius 1 is 1.64 bits per heavy atom. The molecule has 1 fully saturated rings. The van der Waals surface area contributed by atoms with Crippen LogP contribution in [-0.4, -0.2) is 23.6 Å². The van der Waals surface area contributed by atoms with E-state index in [4.69, 9.17) is 4.74 Å². The number of carbonyl (C=O) groups is 1. The van der Waals surface area contributed by atoms with E-state index >= 15 is 0 Å². The summed E-state index contributed by atoms with van der Waals surface area (Å²) in [6, 6.07) is 0. The number of hydrogen-bond acceptors (Lipinski definition) is 2. The van der Waals surface area contributed by atoms with Crippen LogP contribution in [0.15, 0.2) is 24.0 Å². The van der Waals surface area contributed by atoms with E-state index in [1.54, 1.807) is 4.90 Å². The minimum absolute atomic E-state index is 0.186. The Labute approximate surface area is 84.0 Å². The van der Waals surface area contributed by atoms with Crippen LogP contribution in [0.5, 0.6) is 0 Å². The molecule has 2 aliphatic heterocycles. The van der Waals surface area contributed by atoms with Gasteiger partial charge < -0.3 is 9.64 Å². The Balaban J connectivity index is 2.13. The Bertz CT molecular complexity index is 306. The largest absolute Gasteiger partial charge is 0.472 e. The van der Waals surface area contributed by atoms with Gasteiger partial charge in [0.15, 0.2) is 6.23 Å². The predicted molar refractivity (Wildman–Crippen MR) is 53.3 cm³/mol. The molecule has 0 aliphatic carbocycles. The minimum atomic E-state index is -0.213. The first kappa shape index (κ1) is 9.31. The van der Waals surface area contributed by atoms with Crippen LogP contribution < -0.4 is 0 Å². The molecule has 0 bridgehead atoms. The molecule has 3 heteroatoms. The van der Waals surface area contributed by atoms with Gasteiger partial charge in [0.05, 0.1) is 5.76 Å². The first-order valence-electron chi connectivity index (χ1n) is 4.99. The van der Waals surface area contributed by atoms with Crippen molar-refractivity contribution in [1.29, 1.82) is 0 Å². The fraction of sp³-hybridized carbons (Fsp3) is 0.545. The summed E-state index contributed by atoms with van der Waals surface area (Å²) >= 11 is 0. The third-order valence-electron chi connectivity index (χ3n) is 2.69. The summed E-state index contributed by atoms with van der Waals surface area (Å²) in [4.78, 5) is 13.3. The monoisotopic (exact) mass is 193 g/mol. The van der Waals surface area contributed by atoms with Crippen LogP contribution in [0.25, 0.3) is 0 Å². The topological polar surface area (TPSA) is 29.5 Å². The van der Waals surface area contributed by atoms with Gasteiger partial charge in [0.1, 0.15) is 0 Å². The zero-order valence-electron chi connectivity index (χ0n) is 8.45. The smallest absolute Gasteiger partial charge is 0.225 e. The van der Waals surface area contributed by atoms with Gasteiger partial charge in [0.25, 0.3) is 0 Å². The lowest BCUT2D eigenvalue weighted by Crippen LogP contribution is -2.40. The van der Waals surface area contributed by atoms with Crippen LogP contribution in [0.1, 0.15) is 26.2 Å². The molecule has 0 aromatic carbocycles. The molecule has 76 valence electrons. The number of carbonyl (C=O) groups excluding carboxylic acids is 1. The number of nitrogens with zero attached hydrogens (tertiary/aromatic N) is 1. The van der Waals surface area contributed by atoms with E-state index in [9.17, 15) is 4.79 Å². The van der Waals surface area contributed by atoms with Gasteiger partial charge in [-0.15, -0.1) is 0 Å². The number of hydrogen-bond donors (Lipinski definition) is 0. The van der Waals surface area contributed by atoms with Gasteiger partial charge in [-0.3, -0.25) is 4.79 Å². The summed E-state index contributed by atoms with van der Waals surface area (Å²) < 4.78 is 5.62. The molecule has 1 amide bonds. The van der Waals surface area contributed by atoms with E-state index in [1.807, 2.05) is 13.0 Å². The normalized spacial score (nSPS) is 27.6. The molecule has 2 heterocycles. The number of ether oxygens (including phenoxy) is 1. The lowest BCUT2D eigenvalue weighted by atomic mass is 10.1. The average Bonchev–Trinajstić information content (AvgIpc) is 2.56. The van der Waals surface area contributed by atoms with Gasteiger partial charge in [0, 0.05) is 13.0 Å². The highest BCUT2D eigenvalue weighted by atomic mass is 16.5. The van der Waals surface area contributed by atoms with Crippen molar-refractivity contribution in [3.63, 3.8) is 0 Å². The molecule has 0 saturated carbocycles. The molecular formula is C11H15NO2. The van der Waals surface area contributed by atoms with Crippen LogP contribution in [0.3, 0.4) is 0 Å². The second kappa shape index (κ2) is 3.48. The summed E-state index contributed by atoms with van der Waals surface area (Å²) in [6.45, 7) is 6.66. The van der Waals surface area contributed by atoms with Crippen LogP contribution in [0.4, 0.5) is 0 Å². The highest BCUT2D eigenvalue weighted by molar-refractivity contribution is 5.78. The number of allylic oxidation sites excluding steroid dienone is 2. The number of amides is 1. The Morgan fingerprint density at radius 3 is 3.07 bits per heavy atom. The van der Waals surface area contributed by atoms with Gasteiger partial charge in [-0.05, 0) is 31.4 Å². The van der Waals surface area contributed by atoms with Crippen LogP contribution in [-0.2, 0) is 9.53 Å². The SMILES string of the molecule is C=C1CC=C(C)OC1N1CCCC1=O. The lowest BCUT2D eigenvalue weighted by molar-refractivity contribution is -0.135. The molecule has 0 aromatic heterocycles. The van der Waals surface area contributed by atoms with Crippen molar-refractivity contribution in [2.75, 3.05) is 6.54 Å². The summed E-state index contributed by atoms with van der Waals surface area (Å²) in [7, 11) is 0. The molecule has 1 atom stereocenters. The fourth-order valence-electron chi connectivity index (χ4n) is 1.88.